The van der Waals surface area contributed by atoms with Crippen LogP contribution in [0, 0.1) is 0 Å². The molecule has 0 radical (unpaired) electrons. The summed E-state index contributed by atoms with van der Waals surface area (Å²) >= 11 is 12.5. The van der Waals surface area contributed by atoms with Crippen LogP contribution in [-0.4, -0.2) is 7.11 Å². The van der Waals surface area contributed by atoms with Crippen LogP contribution in [0.25, 0.3) is 0 Å². The third kappa shape index (κ3) is 2.69. The van der Waals surface area contributed by atoms with Crippen LogP contribution in [-0.2, 0) is 0 Å². The summed E-state index contributed by atoms with van der Waals surface area (Å²) in [6, 6.07) is 10.9. The predicted molar refractivity (Wildman–Crippen MR) is 84.4 cm³/mol. The summed E-state index contributed by atoms with van der Waals surface area (Å²) in [4.78, 5) is 0. The lowest BCUT2D eigenvalue weighted by Gasteiger charge is -2.31. The molecule has 0 amide bonds. The highest BCUT2D eigenvalue weighted by Gasteiger charge is 2.30. The van der Waals surface area contributed by atoms with Crippen molar-refractivity contribution in [1.29, 1.82) is 0 Å². The first-order chi connectivity index (χ1) is 10.1. The maximum atomic E-state index is 6.27. The van der Waals surface area contributed by atoms with Crippen molar-refractivity contribution in [3.05, 3.63) is 57.6 Å². The highest BCUT2D eigenvalue weighted by Crippen LogP contribution is 2.44. The van der Waals surface area contributed by atoms with E-state index in [1.54, 1.807) is 19.2 Å². The number of hydrogen-bond donors (Lipinski definition) is 1. The molecule has 2 aromatic rings. The van der Waals surface area contributed by atoms with Crippen LogP contribution in [0.4, 0.5) is 0 Å². The van der Waals surface area contributed by atoms with Crippen molar-refractivity contribution in [3.63, 3.8) is 0 Å². The summed E-state index contributed by atoms with van der Waals surface area (Å²) < 4.78 is 11.3. The molecule has 2 N–H and O–H groups in total. The first-order valence-electron chi connectivity index (χ1n) is 6.64. The Morgan fingerprint density at radius 1 is 1.19 bits per heavy atom. The van der Waals surface area contributed by atoms with Gasteiger partial charge in [0, 0.05) is 39.7 Å². The summed E-state index contributed by atoms with van der Waals surface area (Å²) in [5.41, 5.74) is 8.01. The van der Waals surface area contributed by atoms with E-state index in [-0.39, 0.29) is 12.1 Å². The van der Waals surface area contributed by atoms with Gasteiger partial charge in [-0.05, 0) is 18.2 Å². The van der Waals surface area contributed by atoms with Crippen molar-refractivity contribution in [2.45, 2.75) is 18.6 Å². The lowest BCUT2D eigenvalue weighted by Crippen LogP contribution is -2.24. The fraction of sp³-hybridized carbons (Fsp3) is 0.250. The van der Waals surface area contributed by atoms with Gasteiger partial charge in [-0.2, -0.15) is 0 Å². The minimum absolute atomic E-state index is 0.128. The normalized spacial score (nSPS) is 20.6. The van der Waals surface area contributed by atoms with E-state index < -0.39 is 0 Å². The van der Waals surface area contributed by atoms with Crippen LogP contribution in [0.1, 0.15) is 29.7 Å². The average Bonchev–Trinajstić information content (AvgIpc) is 2.46. The van der Waals surface area contributed by atoms with Crippen LogP contribution < -0.4 is 15.2 Å². The Labute approximate surface area is 133 Å². The fourth-order valence-corrected chi connectivity index (χ4v) is 3.24. The molecule has 1 unspecified atom stereocenters. The molecular weight excluding hydrogens is 309 g/mol. The Hall–Kier alpha value is -1.42. The van der Waals surface area contributed by atoms with Gasteiger partial charge in [0.2, 0.25) is 0 Å². The van der Waals surface area contributed by atoms with Crippen LogP contribution in [0.2, 0.25) is 10.0 Å². The molecule has 0 bridgehead atoms. The van der Waals surface area contributed by atoms with E-state index in [1.165, 1.54) is 0 Å². The lowest BCUT2D eigenvalue weighted by atomic mass is 9.93. The van der Waals surface area contributed by atoms with E-state index in [2.05, 4.69) is 0 Å². The minimum Gasteiger partial charge on any atom is -0.497 e. The molecule has 5 heteroatoms. The smallest absolute Gasteiger partial charge is 0.128 e. The zero-order valence-corrected chi connectivity index (χ0v) is 13.0. The molecule has 1 heterocycles. The molecule has 3 rings (SSSR count). The fourth-order valence-electron chi connectivity index (χ4n) is 2.60. The second kappa shape index (κ2) is 5.76. The van der Waals surface area contributed by atoms with E-state index in [0.29, 0.717) is 22.2 Å². The molecule has 0 saturated heterocycles. The highest BCUT2D eigenvalue weighted by atomic mass is 35.5. The Morgan fingerprint density at radius 2 is 1.90 bits per heavy atom. The molecule has 2 aromatic carbocycles. The minimum atomic E-state index is -0.263. The summed E-state index contributed by atoms with van der Waals surface area (Å²) in [6.45, 7) is 0. The molecule has 2 atom stereocenters. The molecule has 1 aliphatic rings. The maximum Gasteiger partial charge on any atom is 0.128 e. The molecule has 0 aliphatic carbocycles. The summed E-state index contributed by atoms with van der Waals surface area (Å²) in [7, 11) is 1.62. The molecule has 3 nitrogen and oxygen atoms in total. The van der Waals surface area contributed by atoms with Crippen molar-refractivity contribution < 1.29 is 9.47 Å². The van der Waals surface area contributed by atoms with Crippen molar-refractivity contribution in [2.24, 2.45) is 5.73 Å². The van der Waals surface area contributed by atoms with Gasteiger partial charge in [0.05, 0.1) is 7.11 Å². The Morgan fingerprint density at radius 3 is 2.57 bits per heavy atom. The quantitative estimate of drug-likeness (QED) is 0.883. The van der Waals surface area contributed by atoms with E-state index in [9.17, 15) is 0 Å². The zero-order valence-electron chi connectivity index (χ0n) is 11.5. The van der Waals surface area contributed by atoms with Gasteiger partial charge in [-0.3, -0.25) is 0 Å². The molecule has 0 spiro atoms. The van der Waals surface area contributed by atoms with Gasteiger partial charge in [-0.1, -0.05) is 35.3 Å². The van der Waals surface area contributed by atoms with Crippen molar-refractivity contribution in [1.82, 2.24) is 0 Å². The molecule has 110 valence electrons. The van der Waals surface area contributed by atoms with E-state index in [4.69, 9.17) is 38.4 Å². The van der Waals surface area contributed by atoms with Gasteiger partial charge >= 0.3 is 0 Å². The molecular formula is C16H15Cl2NO2. The number of methoxy groups -OCH3 is 1. The molecule has 0 aromatic heterocycles. The van der Waals surface area contributed by atoms with E-state index >= 15 is 0 Å². The van der Waals surface area contributed by atoms with Gasteiger partial charge in [0.15, 0.2) is 0 Å². The van der Waals surface area contributed by atoms with Crippen LogP contribution in [0.5, 0.6) is 11.5 Å². The number of hydrogen-bond acceptors (Lipinski definition) is 3. The van der Waals surface area contributed by atoms with Gasteiger partial charge in [0.1, 0.15) is 17.6 Å². The second-order valence-corrected chi connectivity index (χ2v) is 5.80. The number of benzene rings is 2. The molecule has 0 saturated carbocycles. The molecule has 21 heavy (non-hydrogen) atoms. The monoisotopic (exact) mass is 323 g/mol. The third-order valence-corrected chi connectivity index (χ3v) is 4.34. The topological polar surface area (TPSA) is 44.5 Å². The summed E-state index contributed by atoms with van der Waals surface area (Å²) in [5.74, 6) is 1.45. The zero-order chi connectivity index (χ0) is 15.0. The van der Waals surface area contributed by atoms with Crippen molar-refractivity contribution in [2.75, 3.05) is 7.11 Å². The molecule has 0 fully saturated rings. The standard InChI is InChI=1S/C16H15Cl2NO2/c1-20-9-5-6-10-13(19)8-15(21-14(10)7-9)16-11(17)3-2-4-12(16)18/h2-7,13,15H,8,19H2,1H3/t13-,15?/m0/s1. The van der Waals surface area contributed by atoms with Crippen molar-refractivity contribution in [3.8, 4) is 11.5 Å². The van der Waals surface area contributed by atoms with Gasteiger partial charge in [-0.25, -0.2) is 0 Å². The number of halogens is 2. The average molecular weight is 324 g/mol. The number of rotatable bonds is 2. The Balaban J connectivity index is 2.01. The second-order valence-electron chi connectivity index (χ2n) is 4.99. The maximum absolute atomic E-state index is 6.27. The summed E-state index contributed by atoms with van der Waals surface area (Å²) in [6.07, 6.45) is 0.365. The van der Waals surface area contributed by atoms with Gasteiger partial charge in [-0.15, -0.1) is 0 Å². The first kappa shape index (κ1) is 14.5. The molecule has 1 aliphatic heterocycles. The van der Waals surface area contributed by atoms with Gasteiger partial charge in [0.25, 0.3) is 0 Å². The van der Waals surface area contributed by atoms with Crippen LogP contribution >= 0.6 is 23.2 Å². The largest absolute Gasteiger partial charge is 0.497 e. The van der Waals surface area contributed by atoms with E-state index in [0.717, 1.165) is 16.9 Å². The SMILES string of the molecule is COc1ccc2c(c1)OC(c1c(Cl)cccc1Cl)C[C@@H]2N. The third-order valence-electron chi connectivity index (χ3n) is 3.68. The number of nitrogens with two attached hydrogens (primary N) is 1. The number of ether oxygens (including phenoxy) is 2. The summed E-state index contributed by atoms with van der Waals surface area (Å²) in [5, 5.41) is 1.18. The van der Waals surface area contributed by atoms with Gasteiger partial charge < -0.3 is 15.2 Å². The van der Waals surface area contributed by atoms with E-state index in [1.807, 2.05) is 24.3 Å². The lowest BCUT2D eigenvalue weighted by molar-refractivity contribution is 0.161. The van der Waals surface area contributed by atoms with Crippen LogP contribution in [0.15, 0.2) is 36.4 Å². The predicted octanol–water partition coefficient (Wildman–Crippen LogP) is 4.53. The first-order valence-corrected chi connectivity index (χ1v) is 7.40. The Bertz CT molecular complexity index is 655. The van der Waals surface area contributed by atoms with Crippen LogP contribution in [0.3, 0.4) is 0 Å². The highest BCUT2D eigenvalue weighted by molar-refractivity contribution is 6.36. The Kier molecular flexibility index (Phi) is 3.98. The number of fused-ring (bicyclic) bond motifs is 1. The van der Waals surface area contributed by atoms with Crippen molar-refractivity contribution >= 4 is 23.2 Å².